The lowest BCUT2D eigenvalue weighted by Crippen LogP contribution is -1.86. The van der Waals surface area contributed by atoms with Crippen molar-refractivity contribution in [2.24, 2.45) is 0 Å². The molecule has 4 N–H and O–H groups in total. The van der Waals surface area contributed by atoms with Gasteiger partial charge in [-0.25, -0.2) is 4.98 Å². The molecule has 0 spiro atoms. The number of hydrogen-bond acceptors (Lipinski definition) is 6. The normalized spacial score (nSPS) is 10.6. The van der Waals surface area contributed by atoms with Crippen molar-refractivity contribution >= 4 is 11.8 Å². The molecule has 6 nitrogen and oxygen atoms in total. The van der Waals surface area contributed by atoms with Gasteiger partial charge in [0, 0.05) is 11.8 Å². The highest BCUT2D eigenvalue weighted by atomic mass is 32.2. The summed E-state index contributed by atoms with van der Waals surface area (Å²) in [7, 11) is 0. The van der Waals surface area contributed by atoms with Crippen LogP contribution in [-0.2, 0) is 0 Å². The van der Waals surface area contributed by atoms with Gasteiger partial charge in [-0.2, -0.15) is 0 Å². The SMILES string of the molecule is OCCSc1n[nH]c(-c2ccc(O)cc2O)n1. The maximum absolute atomic E-state index is 9.64. The van der Waals surface area contributed by atoms with Gasteiger partial charge in [-0.15, -0.1) is 5.10 Å². The number of nitrogens with zero attached hydrogens (tertiary/aromatic N) is 2. The van der Waals surface area contributed by atoms with Crippen molar-refractivity contribution < 1.29 is 15.3 Å². The van der Waals surface area contributed by atoms with Crippen LogP contribution < -0.4 is 0 Å². The first-order valence-corrected chi connectivity index (χ1v) is 5.87. The number of benzene rings is 1. The maximum Gasteiger partial charge on any atom is 0.208 e. The number of aromatic amines is 1. The Morgan fingerprint density at radius 1 is 1.29 bits per heavy atom. The van der Waals surface area contributed by atoms with Crippen LogP contribution in [-0.4, -0.2) is 42.9 Å². The van der Waals surface area contributed by atoms with Crippen LogP contribution in [0.25, 0.3) is 11.4 Å². The van der Waals surface area contributed by atoms with Crippen molar-refractivity contribution in [3.63, 3.8) is 0 Å². The Bertz CT molecular complexity index is 515. The number of phenolic OH excluding ortho intramolecular Hbond substituents is 2. The molecule has 0 radical (unpaired) electrons. The summed E-state index contributed by atoms with van der Waals surface area (Å²) >= 11 is 1.31. The number of thioether (sulfide) groups is 1. The molecule has 7 heteroatoms. The molecule has 0 saturated carbocycles. The Morgan fingerprint density at radius 2 is 2.12 bits per heavy atom. The Morgan fingerprint density at radius 3 is 2.82 bits per heavy atom. The van der Waals surface area contributed by atoms with E-state index in [0.29, 0.717) is 22.3 Å². The molecular formula is C10H11N3O3S. The summed E-state index contributed by atoms with van der Waals surface area (Å²) in [6.07, 6.45) is 0. The molecule has 1 aromatic carbocycles. The fourth-order valence-corrected chi connectivity index (χ4v) is 1.83. The summed E-state index contributed by atoms with van der Waals surface area (Å²) in [4.78, 5) is 4.15. The van der Waals surface area contributed by atoms with E-state index in [1.807, 2.05) is 0 Å². The number of aromatic hydroxyl groups is 2. The average Bonchev–Trinajstić information content (AvgIpc) is 2.75. The summed E-state index contributed by atoms with van der Waals surface area (Å²) in [5, 5.41) is 34.6. The molecule has 90 valence electrons. The molecule has 0 fully saturated rings. The Labute approximate surface area is 101 Å². The van der Waals surface area contributed by atoms with Crippen molar-refractivity contribution in [3.05, 3.63) is 18.2 Å². The van der Waals surface area contributed by atoms with Gasteiger partial charge in [0.1, 0.15) is 11.5 Å². The lowest BCUT2D eigenvalue weighted by Gasteiger charge is -2.00. The van der Waals surface area contributed by atoms with Crippen molar-refractivity contribution in [2.45, 2.75) is 5.16 Å². The minimum absolute atomic E-state index is 0.0133. The zero-order valence-electron chi connectivity index (χ0n) is 8.79. The van der Waals surface area contributed by atoms with Gasteiger partial charge >= 0.3 is 0 Å². The molecule has 1 aromatic heterocycles. The van der Waals surface area contributed by atoms with Crippen LogP contribution in [0.1, 0.15) is 0 Å². The number of aliphatic hydroxyl groups excluding tert-OH is 1. The number of phenols is 2. The fourth-order valence-electron chi connectivity index (χ4n) is 1.29. The topological polar surface area (TPSA) is 102 Å². The van der Waals surface area contributed by atoms with Crippen LogP contribution in [0.3, 0.4) is 0 Å². The molecule has 0 amide bonds. The van der Waals surface area contributed by atoms with E-state index in [1.165, 1.54) is 23.9 Å². The second-order valence-electron chi connectivity index (χ2n) is 3.24. The largest absolute Gasteiger partial charge is 0.508 e. The number of aromatic nitrogens is 3. The molecule has 0 aliphatic rings. The summed E-state index contributed by atoms with van der Waals surface area (Å²) in [6, 6.07) is 4.24. The number of rotatable bonds is 4. The van der Waals surface area contributed by atoms with Gasteiger partial charge < -0.3 is 15.3 Å². The van der Waals surface area contributed by atoms with Crippen LogP contribution in [0, 0.1) is 0 Å². The van der Waals surface area contributed by atoms with Gasteiger partial charge in [-0.05, 0) is 12.1 Å². The second-order valence-corrected chi connectivity index (χ2v) is 4.30. The predicted octanol–water partition coefficient (Wildman–Crippen LogP) is 0.967. The minimum Gasteiger partial charge on any atom is -0.508 e. The number of aliphatic hydroxyl groups is 1. The first-order chi connectivity index (χ1) is 8.20. The van der Waals surface area contributed by atoms with Crippen LogP contribution in [0.4, 0.5) is 0 Å². The van der Waals surface area contributed by atoms with Crippen molar-refractivity contribution in [1.29, 1.82) is 0 Å². The summed E-state index contributed by atoms with van der Waals surface area (Å²) in [5.74, 6) is 0.849. The van der Waals surface area contributed by atoms with Crippen molar-refractivity contribution in [3.8, 4) is 22.9 Å². The third-order valence-corrected chi connectivity index (χ3v) is 2.85. The van der Waals surface area contributed by atoms with Crippen LogP contribution in [0.2, 0.25) is 0 Å². The van der Waals surface area contributed by atoms with E-state index in [-0.39, 0.29) is 18.1 Å². The van der Waals surface area contributed by atoms with E-state index in [1.54, 1.807) is 6.07 Å². The molecule has 0 aliphatic heterocycles. The molecule has 0 unspecified atom stereocenters. The fraction of sp³-hybridized carbons (Fsp3) is 0.200. The van der Waals surface area contributed by atoms with Gasteiger partial charge in [-0.3, -0.25) is 5.10 Å². The maximum atomic E-state index is 9.64. The highest BCUT2D eigenvalue weighted by Crippen LogP contribution is 2.30. The molecule has 0 aliphatic carbocycles. The van der Waals surface area contributed by atoms with E-state index >= 15 is 0 Å². The standard InChI is InChI=1S/C10H11N3O3S/c14-3-4-17-10-11-9(12-13-10)7-2-1-6(15)5-8(7)16/h1-2,5,14-16H,3-4H2,(H,11,12,13). The van der Waals surface area contributed by atoms with Gasteiger partial charge in [-0.1, -0.05) is 11.8 Å². The lowest BCUT2D eigenvalue weighted by atomic mass is 10.2. The number of nitrogens with one attached hydrogen (secondary N) is 1. The quantitative estimate of drug-likeness (QED) is 0.605. The Balaban J connectivity index is 2.24. The van der Waals surface area contributed by atoms with Crippen LogP contribution in [0.5, 0.6) is 11.5 Å². The highest BCUT2D eigenvalue weighted by Gasteiger charge is 2.10. The van der Waals surface area contributed by atoms with E-state index in [9.17, 15) is 5.11 Å². The number of H-pyrrole nitrogens is 1. The van der Waals surface area contributed by atoms with E-state index < -0.39 is 0 Å². The molecular weight excluding hydrogens is 242 g/mol. The van der Waals surface area contributed by atoms with Crippen LogP contribution >= 0.6 is 11.8 Å². The predicted molar refractivity (Wildman–Crippen MR) is 63.0 cm³/mol. The summed E-state index contributed by atoms with van der Waals surface area (Å²) in [5.41, 5.74) is 0.464. The molecule has 0 atom stereocenters. The van der Waals surface area contributed by atoms with Gasteiger partial charge in [0.05, 0.1) is 12.2 Å². The first kappa shape index (κ1) is 11.7. The molecule has 1 heterocycles. The monoisotopic (exact) mass is 253 g/mol. The minimum atomic E-state index is -0.0696. The van der Waals surface area contributed by atoms with Gasteiger partial charge in [0.15, 0.2) is 5.82 Å². The third kappa shape index (κ3) is 2.69. The smallest absolute Gasteiger partial charge is 0.208 e. The molecule has 2 rings (SSSR count). The third-order valence-electron chi connectivity index (χ3n) is 2.02. The van der Waals surface area contributed by atoms with Crippen molar-refractivity contribution in [1.82, 2.24) is 15.2 Å². The van der Waals surface area contributed by atoms with Crippen LogP contribution in [0.15, 0.2) is 23.4 Å². The van der Waals surface area contributed by atoms with Gasteiger partial charge in [0.2, 0.25) is 5.16 Å². The van der Waals surface area contributed by atoms with Gasteiger partial charge in [0.25, 0.3) is 0 Å². The zero-order valence-corrected chi connectivity index (χ0v) is 9.61. The van der Waals surface area contributed by atoms with E-state index in [2.05, 4.69) is 15.2 Å². The van der Waals surface area contributed by atoms with E-state index in [4.69, 9.17) is 10.2 Å². The molecule has 2 aromatic rings. The average molecular weight is 253 g/mol. The van der Waals surface area contributed by atoms with Crippen molar-refractivity contribution in [2.75, 3.05) is 12.4 Å². The molecule has 17 heavy (non-hydrogen) atoms. The molecule has 0 saturated heterocycles. The zero-order chi connectivity index (χ0) is 12.3. The summed E-state index contributed by atoms with van der Waals surface area (Å²) < 4.78 is 0. The Kier molecular flexibility index (Phi) is 3.50. The Hall–Kier alpha value is -1.73. The summed E-state index contributed by atoms with van der Waals surface area (Å²) in [6.45, 7) is 0.0546. The first-order valence-electron chi connectivity index (χ1n) is 4.89. The molecule has 0 bridgehead atoms. The lowest BCUT2D eigenvalue weighted by molar-refractivity contribution is 0.322. The second kappa shape index (κ2) is 5.07. The van der Waals surface area contributed by atoms with E-state index in [0.717, 1.165) is 0 Å². The highest BCUT2D eigenvalue weighted by molar-refractivity contribution is 7.99. The number of hydrogen-bond donors (Lipinski definition) is 4.